The Morgan fingerprint density at radius 3 is 2.88 bits per heavy atom. The summed E-state index contributed by atoms with van der Waals surface area (Å²) in [6.45, 7) is 0. The molecule has 1 heterocycles. The molecule has 1 aromatic carbocycles. The van der Waals surface area contributed by atoms with Crippen molar-refractivity contribution in [3.05, 3.63) is 38.8 Å². The number of nitrogens with one attached hydrogen (secondary N) is 1. The molecule has 0 aliphatic rings. The standard InChI is InChI=1S/C10H7ClFIN4/c11-6-3-5(13)1-2-8(6)16-9-7(12)4-15-10(14)17-9/h1-4H,(H3,14,15,16,17). The van der Waals surface area contributed by atoms with Crippen LogP contribution in [0.1, 0.15) is 0 Å². The van der Waals surface area contributed by atoms with E-state index in [0.29, 0.717) is 10.7 Å². The number of benzene rings is 1. The molecule has 0 amide bonds. The predicted octanol–water partition coefficient (Wildman–Crippen LogP) is 3.20. The normalized spacial score (nSPS) is 10.3. The van der Waals surface area contributed by atoms with Gasteiger partial charge < -0.3 is 11.1 Å². The van der Waals surface area contributed by atoms with Crippen LogP contribution < -0.4 is 11.1 Å². The fourth-order valence-corrected chi connectivity index (χ4v) is 2.09. The third kappa shape index (κ3) is 2.95. The van der Waals surface area contributed by atoms with Gasteiger partial charge in [-0.25, -0.2) is 9.37 Å². The van der Waals surface area contributed by atoms with Gasteiger partial charge in [0.1, 0.15) is 0 Å². The van der Waals surface area contributed by atoms with Crippen molar-refractivity contribution in [1.82, 2.24) is 9.97 Å². The molecule has 0 spiro atoms. The largest absolute Gasteiger partial charge is 0.368 e. The van der Waals surface area contributed by atoms with Gasteiger partial charge in [-0.05, 0) is 40.8 Å². The molecule has 1 aromatic heterocycles. The first kappa shape index (κ1) is 12.3. The molecular weight excluding hydrogens is 357 g/mol. The topological polar surface area (TPSA) is 63.8 Å². The molecule has 0 bridgehead atoms. The lowest BCUT2D eigenvalue weighted by molar-refractivity contribution is 0.620. The van der Waals surface area contributed by atoms with E-state index in [4.69, 9.17) is 17.3 Å². The lowest BCUT2D eigenvalue weighted by Crippen LogP contribution is -2.02. The van der Waals surface area contributed by atoms with Crippen LogP contribution in [-0.4, -0.2) is 9.97 Å². The summed E-state index contributed by atoms with van der Waals surface area (Å²) < 4.78 is 14.4. The van der Waals surface area contributed by atoms with E-state index in [1.165, 1.54) is 0 Å². The predicted molar refractivity (Wildman–Crippen MR) is 73.9 cm³/mol. The second-order valence-corrected chi connectivity index (χ2v) is 4.83. The number of nitrogens with two attached hydrogens (primary N) is 1. The van der Waals surface area contributed by atoms with Crippen LogP contribution in [0.15, 0.2) is 24.4 Å². The van der Waals surface area contributed by atoms with Crippen LogP contribution in [0.25, 0.3) is 0 Å². The van der Waals surface area contributed by atoms with Crippen LogP contribution in [0.4, 0.5) is 21.8 Å². The summed E-state index contributed by atoms with van der Waals surface area (Å²) in [5, 5.41) is 3.25. The molecule has 0 unspecified atom stereocenters. The first-order chi connectivity index (χ1) is 8.06. The molecule has 0 saturated heterocycles. The summed E-state index contributed by atoms with van der Waals surface area (Å²) in [7, 11) is 0. The zero-order chi connectivity index (χ0) is 12.4. The van der Waals surface area contributed by atoms with E-state index in [1.54, 1.807) is 12.1 Å². The number of halogens is 3. The second kappa shape index (κ2) is 5.01. The Labute approximate surface area is 116 Å². The number of nitrogen functional groups attached to an aromatic ring is 1. The molecule has 88 valence electrons. The second-order valence-electron chi connectivity index (χ2n) is 3.17. The molecule has 0 saturated carbocycles. The molecule has 7 heteroatoms. The van der Waals surface area contributed by atoms with Crippen molar-refractivity contribution < 1.29 is 4.39 Å². The first-order valence-electron chi connectivity index (χ1n) is 4.56. The smallest absolute Gasteiger partial charge is 0.222 e. The summed E-state index contributed by atoms with van der Waals surface area (Å²) in [5.74, 6) is -0.593. The third-order valence-corrected chi connectivity index (χ3v) is 2.93. The van der Waals surface area contributed by atoms with Gasteiger partial charge in [-0.3, -0.25) is 0 Å². The Kier molecular flexibility index (Phi) is 3.63. The maximum absolute atomic E-state index is 13.4. The van der Waals surface area contributed by atoms with E-state index < -0.39 is 5.82 Å². The average molecular weight is 365 g/mol. The fraction of sp³-hybridized carbons (Fsp3) is 0. The maximum Gasteiger partial charge on any atom is 0.222 e. The zero-order valence-electron chi connectivity index (χ0n) is 8.42. The third-order valence-electron chi connectivity index (χ3n) is 1.95. The molecule has 0 radical (unpaired) electrons. The highest BCUT2D eigenvalue weighted by Crippen LogP contribution is 2.27. The Morgan fingerprint density at radius 2 is 2.18 bits per heavy atom. The van der Waals surface area contributed by atoms with Crippen LogP contribution in [0.5, 0.6) is 0 Å². The van der Waals surface area contributed by atoms with Crippen LogP contribution in [0.2, 0.25) is 5.02 Å². The van der Waals surface area contributed by atoms with E-state index in [0.717, 1.165) is 9.77 Å². The minimum atomic E-state index is -0.589. The number of hydrogen-bond acceptors (Lipinski definition) is 4. The maximum atomic E-state index is 13.4. The summed E-state index contributed by atoms with van der Waals surface area (Å²) in [6, 6.07) is 5.34. The molecule has 2 aromatic rings. The van der Waals surface area contributed by atoms with Crippen LogP contribution in [-0.2, 0) is 0 Å². The van der Waals surface area contributed by atoms with E-state index in [-0.39, 0.29) is 11.8 Å². The van der Waals surface area contributed by atoms with Crippen LogP contribution >= 0.6 is 34.2 Å². The lowest BCUT2D eigenvalue weighted by atomic mass is 10.3. The van der Waals surface area contributed by atoms with Gasteiger partial charge in [-0.1, -0.05) is 11.6 Å². The van der Waals surface area contributed by atoms with Crippen LogP contribution in [0, 0.1) is 9.39 Å². The van der Waals surface area contributed by atoms with Gasteiger partial charge in [0.05, 0.1) is 16.9 Å². The molecule has 2 rings (SSSR count). The molecule has 3 N–H and O–H groups in total. The van der Waals surface area contributed by atoms with Gasteiger partial charge >= 0.3 is 0 Å². The van der Waals surface area contributed by atoms with Gasteiger partial charge in [0, 0.05) is 3.57 Å². The summed E-state index contributed by atoms with van der Waals surface area (Å²) in [5.41, 5.74) is 5.94. The van der Waals surface area contributed by atoms with Crippen LogP contribution in [0.3, 0.4) is 0 Å². The SMILES string of the molecule is Nc1ncc(F)c(Nc2ccc(I)cc2Cl)n1. The molecule has 17 heavy (non-hydrogen) atoms. The molecule has 0 fully saturated rings. The Balaban J connectivity index is 2.34. The van der Waals surface area contributed by atoms with Gasteiger partial charge in [-0.2, -0.15) is 4.98 Å². The monoisotopic (exact) mass is 364 g/mol. The van der Waals surface area contributed by atoms with E-state index in [1.807, 2.05) is 6.07 Å². The number of anilines is 3. The number of nitrogens with zero attached hydrogens (tertiary/aromatic N) is 2. The Bertz CT molecular complexity index is 564. The minimum Gasteiger partial charge on any atom is -0.368 e. The highest BCUT2D eigenvalue weighted by Gasteiger charge is 2.08. The van der Waals surface area contributed by atoms with Gasteiger partial charge in [0.15, 0.2) is 11.6 Å². The summed E-state index contributed by atoms with van der Waals surface area (Å²) in [4.78, 5) is 7.29. The first-order valence-corrected chi connectivity index (χ1v) is 6.02. The molecule has 0 aliphatic heterocycles. The van der Waals surface area contributed by atoms with Crippen molar-refractivity contribution in [2.45, 2.75) is 0 Å². The van der Waals surface area contributed by atoms with Crippen molar-refractivity contribution in [2.24, 2.45) is 0 Å². The lowest BCUT2D eigenvalue weighted by Gasteiger charge is -2.08. The van der Waals surface area contributed by atoms with Gasteiger partial charge in [-0.15, -0.1) is 0 Å². The van der Waals surface area contributed by atoms with Crippen molar-refractivity contribution in [3.63, 3.8) is 0 Å². The molecular formula is C10H7ClFIN4. The Morgan fingerprint density at radius 1 is 1.41 bits per heavy atom. The molecule has 0 atom stereocenters. The van der Waals surface area contributed by atoms with E-state index in [9.17, 15) is 4.39 Å². The highest BCUT2D eigenvalue weighted by molar-refractivity contribution is 14.1. The summed E-state index contributed by atoms with van der Waals surface area (Å²) in [6.07, 6.45) is 1.01. The Hall–Kier alpha value is -1.15. The number of aromatic nitrogens is 2. The van der Waals surface area contributed by atoms with Crippen molar-refractivity contribution >= 4 is 51.6 Å². The van der Waals surface area contributed by atoms with Crippen molar-refractivity contribution in [2.75, 3.05) is 11.1 Å². The number of rotatable bonds is 2. The minimum absolute atomic E-state index is 0.000563. The van der Waals surface area contributed by atoms with E-state index in [2.05, 4.69) is 37.9 Å². The average Bonchev–Trinajstić information content (AvgIpc) is 2.27. The quantitative estimate of drug-likeness (QED) is 0.803. The summed E-state index contributed by atoms with van der Waals surface area (Å²) >= 11 is 8.14. The van der Waals surface area contributed by atoms with E-state index >= 15 is 0 Å². The highest BCUT2D eigenvalue weighted by atomic mass is 127. The van der Waals surface area contributed by atoms with Gasteiger partial charge in [0.25, 0.3) is 0 Å². The zero-order valence-corrected chi connectivity index (χ0v) is 11.3. The molecule has 4 nitrogen and oxygen atoms in total. The van der Waals surface area contributed by atoms with Crippen molar-refractivity contribution in [3.8, 4) is 0 Å². The molecule has 0 aliphatic carbocycles. The number of hydrogen-bond donors (Lipinski definition) is 2. The fourth-order valence-electron chi connectivity index (χ4n) is 1.19. The van der Waals surface area contributed by atoms with Gasteiger partial charge in [0.2, 0.25) is 5.95 Å². The van der Waals surface area contributed by atoms with Crippen molar-refractivity contribution in [1.29, 1.82) is 0 Å².